The van der Waals surface area contributed by atoms with Gasteiger partial charge in [0.25, 0.3) is 5.91 Å². The number of hydrogen-bond donors (Lipinski definition) is 1. The summed E-state index contributed by atoms with van der Waals surface area (Å²) >= 11 is 0. The number of hydrogen-bond acceptors (Lipinski definition) is 7. The summed E-state index contributed by atoms with van der Waals surface area (Å²) in [6.07, 6.45) is 1.96. The lowest BCUT2D eigenvalue weighted by atomic mass is 10.1. The van der Waals surface area contributed by atoms with Crippen molar-refractivity contribution >= 4 is 11.8 Å². The molecular formula is C18H19N3O6. The van der Waals surface area contributed by atoms with Crippen molar-refractivity contribution in [3.63, 3.8) is 0 Å². The number of carbonyl (C=O) groups excluding carboxylic acids is 2. The van der Waals surface area contributed by atoms with Gasteiger partial charge < -0.3 is 28.8 Å². The Kier molecular flexibility index (Phi) is 4.57. The molecule has 142 valence electrons. The zero-order chi connectivity index (χ0) is 18.8. The minimum absolute atomic E-state index is 0.0525. The van der Waals surface area contributed by atoms with Gasteiger partial charge in [0.05, 0.1) is 5.92 Å². The molecule has 4 rings (SSSR count). The third-order valence-corrected chi connectivity index (χ3v) is 4.57. The molecule has 0 saturated carbocycles. The number of fused-ring (bicyclic) bond motifs is 1. The molecule has 2 aromatic rings. The Morgan fingerprint density at radius 2 is 2.19 bits per heavy atom. The lowest BCUT2D eigenvalue weighted by Crippen LogP contribution is -2.33. The SMILES string of the molecule is CNC(=O)C1CCN(C(=O)c2coc(COc3ccc4c(c3)OCO4)n2)C1. The van der Waals surface area contributed by atoms with E-state index in [0.29, 0.717) is 36.8 Å². The van der Waals surface area contributed by atoms with E-state index in [1.807, 2.05) is 0 Å². The predicted molar refractivity (Wildman–Crippen MR) is 91.5 cm³/mol. The van der Waals surface area contributed by atoms with Gasteiger partial charge in [0.1, 0.15) is 12.0 Å². The number of oxazole rings is 1. The molecule has 1 fully saturated rings. The van der Waals surface area contributed by atoms with Gasteiger partial charge in [-0.1, -0.05) is 0 Å². The Bertz CT molecular complexity index is 865. The Balaban J connectivity index is 1.34. The summed E-state index contributed by atoms with van der Waals surface area (Å²) in [5.41, 5.74) is 0.205. The van der Waals surface area contributed by atoms with Crippen LogP contribution >= 0.6 is 0 Å². The quantitative estimate of drug-likeness (QED) is 0.840. The summed E-state index contributed by atoms with van der Waals surface area (Å²) < 4.78 is 21.5. The van der Waals surface area contributed by atoms with Crippen molar-refractivity contribution in [2.75, 3.05) is 26.9 Å². The van der Waals surface area contributed by atoms with Crippen molar-refractivity contribution in [1.82, 2.24) is 15.2 Å². The van der Waals surface area contributed by atoms with E-state index in [4.69, 9.17) is 18.6 Å². The van der Waals surface area contributed by atoms with Crippen molar-refractivity contribution in [3.05, 3.63) is 36.0 Å². The van der Waals surface area contributed by atoms with Gasteiger partial charge in [0.2, 0.25) is 18.6 Å². The molecule has 1 N–H and O–H groups in total. The maximum atomic E-state index is 12.5. The normalized spacial score (nSPS) is 17.8. The molecule has 2 aliphatic rings. The first-order chi connectivity index (χ1) is 13.1. The number of amides is 2. The number of likely N-dealkylation sites (tertiary alicyclic amines) is 1. The molecule has 9 nitrogen and oxygen atoms in total. The zero-order valence-corrected chi connectivity index (χ0v) is 14.8. The molecule has 1 unspecified atom stereocenters. The average Bonchev–Trinajstić information content (AvgIpc) is 3.45. The first kappa shape index (κ1) is 17.2. The monoisotopic (exact) mass is 373 g/mol. The summed E-state index contributed by atoms with van der Waals surface area (Å²) in [4.78, 5) is 30.0. The third kappa shape index (κ3) is 3.53. The predicted octanol–water partition coefficient (Wildman–Crippen LogP) is 1.19. The molecule has 3 heterocycles. The number of aromatic nitrogens is 1. The first-order valence-corrected chi connectivity index (χ1v) is 8.62. The van der Waals surface area contributed by atoms with Gasteiger partial charge in [0.15, 0.2) is 23.8 Å². The van der Waals surface area contributed by atoms with Crippen molar-refractivity contribution in [1.29, 1.82) is 0 Å². The first-order valence-electron chi connectivity index (χ1n) is 8.62. The average molecular weight is 373 g/mol. The second-order valence-corrected chi connectivity index (χ2v) is 6.28. The number of nitrogens with one attached hydrogen (secondary N) is 1. The van der Waals surface area contributed by atoms with E-state index in [1.54, 1.807) is 30.1 Å². The summed E-state index contributed by atoms with van der Waals surface area (Å²) in [7, 11) is 1.59. The number of carbonyl (C=O) groups is 2. The molecule has 27 heavy (non-hydrogen) atoms. The van der Waals surface area contributed by atoms with Crippen LogP contribution in [0.2, 0.25) is 0 Å². The summed E-state index contributed by atoms with van der Waals surface area (Å²) in [5, 5.41) is 2.61. The molecule has 1 aromatic carbocycles. The van der Waals surface area contributed by atoms with E-state index in [2.05, 4.69) is 10.3 Å². The van der Waals surface area contributed by atoms with Crippen LogP contribution in [-0.4, -0.2) is 48.6 Å². The Morgan fingerprint density at radius 1 is 1.33 bits per heavy atom. The van der Waals surface area contributed by atoms with Crippen LogP contribution in [0, 0.1) is 5.92 Å². The maximum Gasteiger partial charge on any atom is 0.275 e. The third-order valence-electron chi connectivity index (χ3n) is 4.57. The van der Waals surface area contributed by atoms with Crippen LogP contribution in [0.5, 0.6) is 17.2 Å². The van der Waals surface area contributed by atoms with Crippen molar-refractivity contribution in [3.8, 4) is 17.2 Å². The van der Waals surface area contributed by atoms with Crippen LogP contribution < -0.4 is 19.5 Å². The molecule has 0 aliphatic carbocycles. The van der Waals surface area contributed by atoms with Gasteiger partial charge in [-0.25, -0.2) is 4.98 Å². The molecule has 0 bridgehead atoms. The van der Waals surface area contributed by atoms with Crippen molar-refractivity contribution in [2.24, 2.45) is 5.92 Å². The van der Waals surface area contributed by atoms with Crippen LogP contribution in [0.4, 0.5) is 0 Å². The molecule has 1 saturated heterocycles. The fraction of sp³-hybridized carbons (Fsp3) is 0.389. The smallest absolute Gasteiger partial charge is 0.275 e. The molecule has 0 spiro atoms. The maximum absolute atomic E-state index is 12.5. The Labute approximate surface area is 155 Å². The topological polar surface area (TPSA) is 103 Å². The lowest BCUT2D eigenvalue weighted by molar-refractivity contribution is -0.124. The Hall–Kier alpha value is -3.23. The van der Waals surface area contributed by atoms with Gasteiger partial charge in [-0.15, -0.1) is 0 Å². The number of benzene rings is 1. The number of ether oxygens (including phenoxy) is 3. The summed E-state index contributed by atoms with van der Waals surface area (Å²) in [6, 6.07) is 5.24. The van der Waals surface area contributed by atoms with Crippen LogP contribution in [-0.2, 0) is 11.4 Å². The van der Waals surface area contributed by atoms with Gasteiger partial charge in [-0.2, -0.15) is 0 Å². The zero-order valence-electron chi connectivity index (χ0n) is 14.8. The van der Waals surface area contributed by atoms with Gasteiger partial charge >= 0.3 is 0 Å². The molecule has 9 heteroatoms. The minimum atomic E-state index is -0.250. The van der Waals surface area contributed by atoms with E-state index >= 15 is 0 Å². The van der Waals surface area contributed by atoms with E-state index in [0.717, 1.165) is 0 Å². The fourth-order valence-corrected chi connectivity index (χ4v) is 3.11. The van der Waals surface area contributed by atoms with Gasteiger partial charge in [-0.3, -0.25) is 9.59 Å². The highest BCUT2D eigenvalue weighted by molar-refractivity contribution is 5.93. The highest BCUT2D eigenvalue weighted by Crippen LogP contribution is 2.35. The number of nitrogens with zero attached hydrogens (tertiary/aromatic N) is 2. The van der Waals surface area contributed by atoms with E-state index in [-0.39, 0.29) is 42.7 Å². The Morgan fingerprint density at radius 3 is 3.04 bits per heavy atom. The molecule has 0 radical (unpaired) electrons. The van der Waals surface area contributed by atoms with E-state index in [9.17, 15) is 9.59 Å². The van der Waals surface area contributed by atoms with Crippen LogP contribution in [0.15, 0.2) is 28.9 Å². The molecule has 1 aromatic heterocycles. The van der Waals surface area contributed by atoms with E-state index in [1.165, 1.54) is 6.26 Å². The highest BCUT2D eigenvalue weighted by Gasteiger charge is 2.32. The summed E-state index contributed by atoms with van der Waals surface area (Å²) in [6.45, 7) is 1.18. The summed E-state index contributed by atoms with van der Waals surface area (Å²) in [5.74, 6) is 1.68. The largest absolute Gasteiger partial charge is 0.484 e. The van der Waals surface area contributed by atoms with Crippen molar-refractivity contribution in [2.45, 2.75) is 13.0 Å². The second kappa shape index (κ2) is 7.18. The van der Waals surface area contributed by atoms with Crippen molar-refractivity contribution < 1.29 is 28.2 Å². The molecular weight excluding hydrogens is 354 g/mol. The minimum Gasteiger partial charge on any atom is -0.484 e. The molecule has 2 aliphatic heterocycles. The lowest BCUT2D eigenvalue weighted by Gasteiger charge is -2.14. The van der Waals surface area contributed by atoms with Crippen LogP contribution in [0.3, 0.4) is 0 Å². The number of rotatable bonds is 5. The second-order valence-electron chi connectivity index (χ2n) is 6.28. The highest BCUT2D eigenvalue weighted by atomic mass is 16.7. The van der Waals surface area contributed by atoms with Crippen LogP contribution in [0.25, 0.3) is 0 Å². The van der Waals surface area contributed by atoms with E-state index < -0.39 is 0 Å². The van der Waals surface area contributed by atoms with Gasteiger partial charge in [-0.05, 0) is 18.6 Å². The van der Waals surface area contributed by atoms with Gasteiger partial charge in [0, 0.05) is 26.2 Å². The standard InChI is InChI=1S/C18H19N3O6/c1-19-17(22)11-4-5-21(7-11)18(23)13-8-25-16(20-13)9-24-12-2-3-14-15(6-12)27-10-26-14/h2-3,6,8,11H,4-5,7,9-10H2,1H3,(H,19,22). The fourth-order valence-electron chi connectivity index (χ4n) is 3.11. The molecule has 1 atom stereocenters. The molecule has 2 amide bonds. The van der Waals surface area contributed by atoms with Crippen LogP contribution in [0.1, 0.15) is 22.8 Å².